The van der Waals surface area contributed by atoms with Crippen molar-refractivity contribution in [1.82, 2.24) is 0 Å². The average molecular weight is 341 g/mol. The summed E-state index contributed by atoms with van der Waals surface area (Å²) in [6.07, 6.45) is 7.82. The van der Waals surface area contributed by atoms with E-state index < -0.39 is 5.79 Å². The molecule has 1 heterocycles. The van der Waals surface area contributed by atoms with Crippen LogP contribution in [0.25, 0.3) is 0 Å². The molecule has 1 aromatic carbocycles. The summed E-state index contributed by atoms with van der Waals surface area (Å²) in [4.78, 5) is 0. The first-order valence-electron chi connectivity index (χ1n) is 9.65. The Morgan fingerprint density at radius 2 is 1.48 bits per heavy atom. The second kappa shape index (κ2) is 7.09. The Labute approximate surface area is 152 Å². The lowest BCUT2D eigenvalue weighted by atomic mass is 9.76. The molecule has 25 heavy (non-hydrogen) atoms. The number of nitrogens with zero attached hydrogens (tertiary/aromatic N) is 1. The molecule has 0 bridgehead atoms. The van der Waals surface area contributed by atoms with Crippen molar-refractivity contribution < 1.29 is 9.47 Å². The second-order valence-electron chi connectivity index (χ2n) is 8.87. The average Bonchev–Trinajstić information content (AvgIpc) is 2.85. The lowest BCUT2D eigenvalue weighted by Crippen LogP contribution is -2.43. The molecule has 3 nitrogen and oxygen atoms in total. The summed E-state index contributed by atoms with van der Waals surface area (Å²) in [5, 5.41) is 9.79. The van der Waals surface area contributed by atoms with Crippen LogP contribution in [0.4, 0.5) is 0 Å². The third kappa shape index (κ3) is 4.25. The standard InChI is InChI=1S/C22H31NO2/c1-20(2)16-24-21(3,25-17-20)19-10-8-18(9-11-19)14-22(15-23)12-6-4-5-7-13-22/h8-11H,4-7,12-14,16-17H2,1-3H3. The predicted octanol–water partition coefficient (Wildman–Crippen LogP) is 5.34. The normalized spacial score (nSPS) is 24.9. The van der Waals surface area contributed by atoms with Gasteiger partial charge in [0, 0.05) is 11.0 Å². The van der Waals surface area contributed by atoms with Gasteiger partial charge in [0.1, 0.15) is 0 Å². The van der Waals surface area contributed by atoms with E-state index in [1.54, 1.807) is 0 Å². The van der Waals surface area contributed by atoms with E-state index in [9.17, 15) is 5.26 Å². The van der Waals surface area contributed by atoms with Crippen molar-refractivity contribution in [2.75, 3.05) is 13.2 Å². The van der Waals surface area contributed by atoms with Crippen molar-refractivity contribution in [2.24, 2.45) is 10.8 Å². The van der Waals surface area contributed by atoms with Crippen LogP contribution in [-0.2, 0) is 21.7 Å². The quantitative estimate of drug-likeness (QED) is 0.697. The van der Waals surface area contributed by atoms with Gasteiger partial charge >= 0.3 is 0 Å². The van der Waals surface area contributed by atoms with Gasteiger partial charge in [0.25, 0.3) is 0 Å². The fourth-order valence-electron chi connectivity index (χ4n) is 3.97. The predicted molar refractivity (Wildman–Crippen MR) is 98.9 cm³/mol. The van der Waals surface area contributed by atoms with Gasteiger partial charge in [-0.3, -0.25) is 0 Å². The highest BCUT2D eigenvalue weighted by atomic mass is 16.7. The zero-order chi connectivity index (χ0) is 18.0. The molecule has 3 rings (SSSR count). The highest BCUT2D eigenvalue weighted by molar-refractivity contribution is 5.28. The van der Waals surface area contributed by atoms with Crippen LogP contribution >= 0.6 is 0 Å². The summed E-state index contributed by atoms with van der Waals surface area (Å²) in [5.41, 5.74) is 2.19. The van der Waals surface area contributed by atoms with Gasteiger partial charge in [-0.05, 0) is 31.7 Å². The van der Waals surface area contributed by atoms with Crippen molar-refractivity contribution in [1.29, 1.82) is 5.26 Å². The van der Waals surface area contributed by atoms with Gasteiger partial charge in [0.2, 0.25) is 0 Å². The maximum absolute atomic E-state index is 9.79. The topological polar surface area (TPSA) is 42.2 Å². The van der Waals surface area contributed by atoms with Crippen LogP contribution in [0.5, 0.6) is 0 Å². The van der Waals surface area contributed by atoms with Gasteiger partial charge in [-0.2, -0.15) is 5.26 Å². The van der Waals surface area contributed by atoms with Crippen LogP contribution < -0.4 is 0 Å². The minimum atomic E-state index is -0.663. The number of ether oxygens (including phenoxy) is 2. The molecular weight excluding hydrogens is 310 g/mol. The molecule has 0 unspecified atom stereocenters. The van der Waals surface area contributed by atoms with Crippen molar-refractivity contribution in [3.63, 3.8) is 0 Å². The molecule has 0 aromatic heterocycles. The number of rotatable bonds is 3. The Kier molecular flexibility index (Phi) is 5.23. The SMILES string of the molecule is CC1(C)COC(C)(c2ccc(CC3(C#N)CCCCCC3)cc2)OC1. The van der Waals surface area contributed by atoms with Crippen LogP contribution in [0.2, 0.25) is 0 Å². The summed E-state index contributed by atoms with van der Waals surface area (Å²) in [6.45, 7) is 7.71. The lowest BCUT2D eigenvalue weighted by molar-refractivity contribution is -0.298. The van der Waals surface area contributed by atoms with Crippen LogP contribution in [0.15, 0.2) is 24.3 Å². The molecule has 2 aliphatic rings. The molecule has 3 heteroatoms. The summed E-state index contributed by atoms with van der Waals surface area (Å²) >= 11 is 0. The van der Waals surface area contributed by atoms with E-state index in [-0.39, 0.29) is 10.8 Å². The van der Waals surface area contributed by atoms with Crippen molar-refractivity contribution in [2.45, 2.75) is 71.5 Å². The summed E-state index contributed by atoms with van der Waals surface area (Å²) < 4.78 is 12.1. The molecule has 0 N–H and O–H groups in total. The van der Waals surface area contributed by atoms with Crippen molar-refractivity contribution >= 4 is 0 Å². The third-order valence-electron chi connectivity index (χ3n) is 5.80. The number of nitriles is 1. The van der Waals surface area contributed by atoms with Gasteiger partial charge in [0.05, 0.1) is 24.7 Å². The molecule has 1 aliphatic heterocycles. The number of hydrogen-bond acceptors (Lipinski definition) is 3. The van der Waals surface area contributed by atoms with Crippen molar-refractivity contribution in [3.8, 4) is 6.07 Å². The van der Waals surface area contributed by atoms with Gasteiger partial charge in [-0.1, -0.05) is 63.8 Å². The summed E-state index contributed by atoms with van der Waals surface area (Å²) in [7, 11) is 0. The maximum atomic E-state index is 9.79. The molecule has 0 amide bonds. The lowest BCUT2D eigenvalue weighted by Gasteiger charge is -2.41. The molecule has 0 radical (unpaired) electrons. The van der Waals surface area contributed by atoms with Crippen LogP contribution in [0.1, 0.15) is 70.4 Å². The van der Waals surface area contributed by atoms with Gasteiger partial charge in [0.15, 0.2) is 5.79 Å². The molecule has 1 aliphatic carbocycles. The smallest absolute Gasteiger partial charge is 0.191 e. The molecule has 1 aromatic rings. The van der Waals surface area contributed by atoms with Crippen LogP contribution in [0.3, 0.4) is 0 Å². The van der Waals surface area contributed by atoms with Gasteiger partial charge in [-0.25, -0.2) is 0 Å². The Balaban J connectivity index is 1.71. The fraction of sp³-hybridized carbons (Fsp3) is 0.682. The highest BCUT2D eigenvalue weighted by Gasteiger charge is 2.38. The van der Waals surface area contributed by atoms with Crippen molar-refractivity contribution in [3.05, 3.63) is 35.4 Å². The summed E-state index contributed by atoms with van der Waals surface area (Å²) in [5.74, 6) is -0.663. The van der Waals surface area contributed by atoms with Gasteiger partial charge < -0.3 is 9.47 Å². The minimum absolute atomic E-state index is 0.0676. The zero-order valence-corrected chi connectivity index (χ0v) is 15.9. The van der Waals surface area contributed by atoms with Gasteiger partial charge in [-0.15, -0.1) is 0 Å². The molecular formula is C22H31NO2. The first-order valence-corrected chi connectivity index (χ1v) is 9.65. The van der Waals surface area contributed by atoms with Crippen LogP contribution in [-0.4, -0.2) is 13.2 Å². The van der Waals surface area contributed by atoms with E-state index in [2.05, 4.69) is 44.2 Å². The largest absolute Gasteiger partial charge is 0.345 e. The van der Waals surface area contributed by atoms with E-state index in [1.165, 1.54) is 31.2 Å². The minimum Gasteiger partial charge on any atom is -0.345 e. The molecule has 136 valence electrons. The second-order valence-corrected chi connectivity index (χ2v) is 8.87. The monoisotopic (exact) mass is 341 g/mol. The Hall–Kier alpha value is -1.37. The zero-order valence-electron chi connectivity index (χ0n) is 15.9. The van der Waals surface area contributed by atoms with E-state index in [1.807, 2.05) is 6.92 Å². The maximum Gasteiger partial charge on any atom is 0.191 e. The Morgan fingerprint density at radius 3 is 2.00 bits per heavy atom. The molecule has 2 fully saturated rings. The highest BCUT2D eigenvalue weighted by Crippen LogP contribution is 2.39. The number of hydrogen-bond donors (Lipinski definition) is 0. The summed E-state index contributed by atoms with van der Waals surface area (Å²) in [6, 6.07) is 11.2. The Bertz CT molecular complexity index is 608. The third-order valence-corrected chi connectivity index (χ3v) is 5.80. The molecule has 1 saturated carbocycles. The Morgan fingerprint density at radius 1 is 0.920 bits per heavy atom. The first kappa shape index (κ1) is 18.4. The van der Waals surface area contributed by atoms with E-state index in [0.29, 0.717) is 13.2 Å². The fourth-order valence-corrected chi connectivity index (χ4v) is 3.97. The first-order chi connectivity index (χ1) is 11.9. The number of benzene rings is 1. The van der Waals surface area contributed by atoms with E-state index in [4.69, 9.17) is 9.47 Å². The molecule has 0 spiro atoms. The van der Waals surface area contributed by atoms with E-state index >= 15 is 0 Å². The van der Waals surface area contributed by atoms with E-state index in [0.717, 1.165) is 24.8 Å². The molecule has 1 saturated heterocycles. The molecule has 0 atom stereocenters. The van der Waals surface area contributed by atoms with Crippen LogP contribution in [0, 0.1) is 22.2 Å².